The van der Waals surface area contributed by atoms with Crippen LogP contribution in [-0.4, -0.2) is 62.5 Å². The Bertz CT molecular complexity index is 1700. The number of anilines is 2. The highest BCUT2D eigenvalue weighted by molar-refractivity contribution is 6.38. The maximum absolute atomic E-state index is 13.0. The Kier molecular flexibility index (Phi) is 11.6. The largest absolute Gasteiger partial charge is 0.492 e. The molecule has 0 bridgehead atoms. The minimum atomic E-state index is -0.610. The van der Waals surface area contributed by atoms with E-state index >= 15 is 0 Å². The topological polar surface area (TPSA) is 113 Å². The van der Waals surface area contributed by atoms with E-state index in [0.29, 0.717) is 44.7 Å². The number of hydrogen-bond donors (Lipinski definition) is 2. The van der Waals surface area contributed by atoms with Crippen molar-refractivity contribution in [2.24, 2.45) is 0 Å². The lowest BCUT2D eigenvalue weighted by Gasteiger charge is -2.22. The molecule has 4 rings (SSSR count). The van der Waals surface area contributed by atoms with Crippen LogP contribution >= 0.6 is 35.6 Å². The van der Waals surface area contributed by atoms with Gasteiger partial charge in [0.1, 0.15) is 6.61 Å². The van der Waals surface area contributed by atoms with Gasteiger partial charge in [-0.15, -0.1) is 12.4 Å². The molecular formula is C31H32Cl3N5O5. The van der Waals surface area contributed by atoms with E-state index in [0.717, 1.165) is 10.9 Å². The highest BCUT2D eigenvalue weighted by Crippen LogP contribution is 2.39. The number of halogens is 3. The number of benzene rings is 3. The summed E-state index contributed by atoms with van der Waals surface area (Å²) < 4.78 is 11.8. The number of likely N-dealkylation sites (N-methyl/N-ethyl adjacent to an activating group) is 1. The Morgan fingerprint density at radius 2 is 1.68 bits per heavy atom. The zero-order valence-corrected chi connectivity index (χ0v) is 27.1. The molecule has 0 aliphatic carbocycles. The first-order valence-electron chi connectivity index (χ1n) is 13.2. The zero-order chi connectivity index (χ0) is 31.3. The quantitative estimate of drug-likeness (QED) is 0.217. The number of nitrogens with zero attached hydrogens (tertiary/aromatic N) is 3. The number of aromatic nitrogens is 1. The fourth-order valence-corrected chi connectivity index (χ4v) is 4.95. The van der Waals surface area contributed by atoms with E-state index in [1.807, 2.05) is 31.2 Å². The third kappa shape index (κ3) is 7.63. The van der Waals surface area contributed by atoms with Gasteiger partial charge in [-0.2, -0.15) is 0 Å². The number of hydrogen-bond acceptors (Lipinski definition) is 6. The Hall–Kier alpha value is -4.25. The summed E-state index contributed by atoms with van der Waals surface area (Å²) in [4.78, 5) is 45.0. The van der Waals surface area contributed by atoms with E-state index in [4.69, 9.17) is 32.7 Å². The first-order chi connectivity index (χ1) is 20.5. The van der Waals surface area contributed by atoms with Crippen molar-refractivity contribution in [3.63, 3.8) is 0 Å². The van der Waals surface area contributed by atoms with Crippen LogP contribution in [0, 0.1) is 6.92 Å². The van der Waals surface area contributed by atoms with Crippen molar-refractivity contribution in [3.05, 3.63) is 87.5 Å². The SMILES string of the molecule is COc1c(OCc2c(Cl)ccc(N(C)C(=O)CNC(=O)Nc3cccc(C(=O)N(C)C)c3)c2Cl)c(C)nc2ccccc12.Cl. The molecule has 0 saturated carbocycles. The predicted molar refractivity (Wildman–Crippen MR) is 176 cm³/mol. The molecule has 0 radical (unpaired) electrons. The zero-order valence-electron chi connectivity index (χ0n) is 24.7. The molecule has 0 unspecified atom stereocenters. The van der Waals surface area contributed by atoms with Gasteiger partial charge in [0.15, 0.2) is 11.5 Å². The fraction of sp³-hybridized carbons (Fsp3) is 0.226. The molecule has 232 valence electrons. The molecular weight excluding hydrogens is 629 g/mol. The Morgan fingerprint density at radius 3 is 2.39 bits per heavy atom. The number of methoxy groups -OCH3 is 1. The molecule has 0 saturated heterocycles. The molecule has 4 aromatic rings. The molecule has 10 nitrogen and oxygen atoms in total. The molecule has 2 N–H and O–H groups in total. The molecule has 0 atom stereocenters. The Morgan fingerprint density at radius 1 is 0.955 bits per heavy atom. The Labute approximate surface area is 271 Å². The normalized spacial score (nSPS) is 10.4. The summed E-state index contributed by atoms with van der Waals surface area (Å²) in [6.45, 7) is 1.49. The van der Waals surface area contributed by atoms with Crippen LogP contribution in [0.5, 0.6) is 11.5 Å². The average molecular weight is 661 g/mol. The number of urea groups is 1. The van der Waals surface area contributed by atoms with Gasteiger partial charge < -0.3 is 29.9 Å². The highest BCUT2D eigenvalue weighted by atomic mass is 35.5. The summed E-state index contributed by atoms with van der Waals surface area (Å²) in [6, 6.07) is 16.7. The van der Waals surface area contributed by atoms with Gasteiger partial charge in [-0.05, 0) is 49.4 Å². The van der Waals surface area contributed by atoms with Crippen LogP contribution in [0.25, 0.3) is 10.9 Å². The minimum Gasteiger partial charge on any atom is -0.492 e. The smallest absolute Gasteiger partial charge is 0.319 e. The van der Waals surface area contributed by atoms with Crippen molar-refractivity contribution in [3.8, 4) is 11.5 Å². The molecule has 3 aromatic carbocycles. The van der Waals surface area contributed by atoms with Gasteiger partial charge in [0.05, 0.1) is 35.6 Å². The lowest BCUT2D eigenvalue weighted by molar-refractivity contribution is -0.117. The van der Waals surface area contributed by atoms with E-state index < -0.39 is 11.9 Å². The summed E-state index contributed by atoms with van der Waals surface area (Å²) in [7, 11) is 6.38. The van der Waals surface area contributed by atoms with E-state index in [9.17, 15) is 14.4 Å². The number of carbonyl (C=O) groups is 3. The van der Waals surface area contributed by atoms with Crippen LogP contribution in [0.15, 0.2) is 60.7 Å². The molecule has 0 aliphatic heterocycles. The van der Waals surface area contributed by atoms with Crippen molar-refractivity contribution in [2.75, 3.05) is 45.0 Å². The van der Waals surface area contributed by atoms with Crippen LogP contribution in [0.1, 0.15) is 21.6 Å². The standard InChI is InChI=1S/C31H31Cl2N5O5.ClH/c1-18-28(29(42-5)21-11-6-7-12-24(21)35-18)43-17-22-23(32)13-14-25(27(22)33)38(4)26(39)16-34-31(41)36-20-10-8-9-19(15-20)30(40)37(2)3;/h6-15H,16-17H2,1-5H3,(H2,34,36,41);1H. The highest BCUT2D eigenvalue weighted by Gasteiger charge is 2.21. The number of para-hydroxylation sites is 1. The molecule has 1 aromatic heterocycles. The minimum absolute atomic E-state index is 0. The monoisotopic (exact) mass is 659 g/mol. The van der Waals surface area contributed by atoms with Crippen LogP contribution in [0.3, 0.4) is 0 Å². The van der Waals surface area contributed by atoms with Crippen LogP contribution in [-0.2, 0) is 11.4 Å². The summed E-state index contributed by atoms with van der Waals surface area (Å²) in [6.07, 6.45) is 0. The summed E-state index contributed by atoms with van der Waals surface area (Å²) >= 11 is 13.2. The first kappa shape index (κ1) is 34.2. The molecule has 1 heterocycles. The van der Waals surface area contributed by atoms with Crippen molar-refractivity contribution in [2.45, 2.75) is 13.5 Å². The second-order valence-electron chi connectivity index (χ2n) is 9.77. The van der Waals surface area contributed by atoms with Gasteiger partial charge in [-0.3, -0.25) is 9.59 Å². The maximum atomic E-state index is 13.0. The number of aryl methyl sites for hydroxylation is 1. The number of amides is 4. The number of carbonyl (C=O) groups excluding carboxylic acids is 3. The summed E-state index contributed by atoms with van der Waals surface area (Å²) in [5.41, 5.74) is 3.08. The molecule has 4 amide bonds. The van der Waals surface area contributed by atoms with E-state index in [-0.39, 0.29) is 36.5 Å². The fourth-order valence-electron chi connectivity index (χ4n) is 4.35. The third-order valence-electron chi connectivity index (χ3n) is 6.61. The number of ether oxygens (including phenoxy) is 2. The summed E-state index contributed by atoms with van der Waals surface area (Å²) in [5.74, 6) is 0.363. The van der Waals surface area contributed by atoms with Crippen LogP contribution < -0.4 is 25.0 Å². The molecule has 0 fully saturated rings. The molecule has 0 spiro atoms. The van der Waals surface area contributed by atoms with Gasteiger partial charge in [0.2, 0.25) is 5.91 Å². The maximum Gasteiger partial charge on any atom is 0.319 e. The van der Waals surface area contributed by atoms with E-state index in [1.54, 1.807) is 64.7 Å². The number of nitrogens with one attached hydrogen (secondary N) is 2. The summed E-state index contributed by atoms with van der Waals surface area (Å²) in [5, 5.41) is 6.53. The van der Waals surface area contributed by atoms with E-state index in [1.165, 1.54) is 9.80 Å². The lowest BCUT2D eigenvalue weighted by atomic mass is 10.1. The van der Waals surface area contributed by atoms with Crippen molar-refractivity contribution in [1.82, 2.24) is 15.2 Å². The van der Waals surface area contributed by atoms with E-state index in [2.05, 4.69) is 15.6 Å². The number of pyridine rings is 1. The van der Waals surface area contributed by atoms with Crippen molar-refractivity contribution in [1.29, 1.82) is 0 Å². The first-order valence-corrected chi connectivity index (χ1v) is 13.9. The van der Waals surface area contributed by atoms with Gasteiger partial charge in [-0.25, -0.2) is 9.78 Å². The van der Waals surface area contributed by atoms with Crippen LogP contribution in [0.4, 0.5) is 16.2 Å². The predicted octanol–water partition coefficient (Wildman–Crippen LogP) is 6.35. The molecule has 44 heavy (non-hydrogen) atoms. The number of fused-ring (bicyclic) bond motifs is 1. The third-order valence-corrected chi connectivity index (χ3v) is 7.39. The van der Waals surface area contributed by atoms with Gasteiger partial charge in [0, 0.05) is 48.4 Å². The van der Waals surface area contributed by atoms with Crippen molar-refractivity contribution < 1.29 is 23.9 Å². The van der Waals surface area contributed by atoms with Crippen molar-refractivity contribution >= 4 is 75.7 Å². The molecule has 13 heteroatoms. The average Bonchev–Trinajstić information content (AvgIpc) is 2.99. The van der Waals surface area contributed by atoms with Gasteiger partial charge in [-0.1, -0.05) is 41.4 Å². The lowest BCUT2D eigenvalue weighted by Crippen LogP contribution is -2.40. The molecule has 0 aliphatic rings. The Balaban J connectivity index is 0.00000529. The second kappa shape index (κ2) is 15.0. The second-order valence-corrected chi connectivity index (χ2v) is 10.6. The van der Waals surface area contributed by atoms with Gasteiger partial charge in [0.25, 0.3) is 5.91 Å². The van der Waals surface area contributed by atoms with Crippen LogP contribution in [0.2, 0.25) is 10.0 Å². The number of rotatable bonds is 9. The van der Waals surface area contributed by atoms with Gasteiger partial charge >= 0.3 is 6.03 Å².